The Balaban J connectivity index is 1.51. The number of carbonyl (C=O) groups is 1. The van der Waals surface area contributed by atoms with Gasteiger partial charge >= 0.3 is 0 Å². The van der Waals surface area contributed by atoms with E-state index in [0.29, 0.717) is 36.1 Å². The van der Waals surface area contributed by atoms with Crippen molar-refractivity contribution in [3.63, 3.8) is 0 Å². The molecule has 0 spiro atoms. The molecule has 33 heavy (non-hydrogen) atoms. The van der Waals surface area contributed by atoms with E-state index in [-0.39, 0.29) is 5.91 Å². The highest BCUT2D eigenvalue weighted by Gasteiger charge is 2.12. The Kier molecular flexibility index (Phi) is 7.32. The van der Waals surface area contributed by atoms with Crippen molar-refractivity contribution >= 4 is 23.1 Å². The smallest absolute Gasteiger partial charge is 0.257 e. The van der Waals surface area contributed by atoms with E-state index in [2.05, 4.69) is 15.3 Å². The monoisotopic (exact) mass is 459 g/mol. The second kappa shape index (κ2) is 10.7. The SMILES string of the molecule is Cc1ccccc1COc1cc(OCCc2scnc2C)cc(C(=O)Nc2ccccn2)c1. The van der Waals surface area contributed by atoms with Gasteiger partial charge in [0.25, 0.3) is 5.91 Å². The molecule has 6 nitrogen and oxygen atoms in total. The zero-order valence-corrected chi connectivity index (χ0v) is 19.4. The standard InChI is InChI=1S/C26H25N3O3S/c1-18-7-3-4-8-20(18)16-32-23-14-21(26(30)29-25-9-5-6-11-27-25)13-22(15-23)31-12-10-24-19(2)28-17-33-24/h3-9,11,13-15,17H,10,12,16H2,1-2H3,(H,27,29,30). The van der Waals surface area contributed by atoms with Gasteiger partial charge in [-0.3, -0.25) is 4.79 Å². The van der Waals surface area contributed by atoms with Gasteiger partial charge < -0.3 is 14.8 Å². The van der Waals surface area contributed by atoms with Crippen molar-refractivity contribution in [2.75, 3.05) is 11.9 Å². The summed E-state index contributed by atoms with van der Waals surface area (Å²) in [5.41, 5.74) is 5.54. The maximum absolute atomic E-state index is 12.9. The van der Waals surface area contributed by atoms with Crippen molar-refractivity contribution in [1.82, 2.24) is 9.97 Å². The highest BCUT2D eigenvalue weighted by atomic mass is 32.1. The number of hydrogen-bond donors (Lipinski definition) is 1. The van der Waals surface area contributed by atoms with Gasteiger partial charge in [0.15, 0.2) is 0 Å². The summed E-state index contributed by atoms with van der Waals surface area (Å²) in [5.74, 6) is 1.34. The van der Waals surface area contributed by atoms with Crippen molar-refractivity contribution < 1.29 is 14.3 Å². The van der Waals surface area contributed by atoms with Gasteiger partial charge in [0, 0.05) is 29.1 Å². The zero-order chi connectivity index (χ0) is 23.0. The van der Waals surface area contributed by atoms with Crippen LogP contribution in [0.1, 0.15) is 32.1 Å². The van der Waals surface area contributed by atoms with Gasteiger partial charge in [-0.1, -0.05) is 30.3 Å². The van der Waals surface area contributed by atoms with Crippen molar-refractivity contribution in [1.29, 1.82) is 0 Å². The third kappa shape index (κ3) is 6.17. The molecule has 2 aromatic carbocycles. The van der Waals surface area contributed by atoms with Crippen LogP contribution in [0, 0.1) is 13.8 Å². The molecular weight excluding hydrogens is 434 g/mol. The van der Waals surface area contributed by atoms with Crippen LogP contribution in [-0.2, 0) is 13.0 Å². The van der Waals surface area contributed by atoms with Crippen LogP contribution in [0.4, 0.5) is 5.82 Å². The van der Waals surface area contributed by atoms with Crippen LogP contribution in [0.3, 0.4) is 0 Å². The van der Waals surface area contributed by atoms with Crippen LogP contribution in [0.2, 0.25) is 0 Å². The summed E-state index contributed by atoms with van der Waals surface area (Å²) in [6.07, 6.45) is 2.38. The largest absolute Gasteiger partial charge is 0.493 e. The summed E-state index contributed by atoms with van der Waals surface area (Å²) >= 11 is 1.62. The summed E-state index contributed by atoms with van der Waals surface area (Å²) in [7, 11) is 0. The second-order valence-electron chi connectivity index (χ2n) is 7.54. The van der Waals surface area contributed by atoms with E-state index >= 15 is 0 Å². The van der Waals surface area contributed by atoms with Crippen LogP contribution in [-0.4, -0.2) is 22.5 Å². The number of rotatable bonds is 9. The first-order chi connectivity index (χ1) is 16.1. The molecule has 0 aliphatic carbocycles. The highest BCUT2D eigenvalue weighted by Crippen LogP contribution is 2.25. The summed E-state index contributed by atoms with van der Waals surface area (Å²) in [6.45, 7) is 4.92. The molecule has 0 atom stereocenters. The number of carbonyl (C=O) groups excluding carboxylic acids is 1. The molecule has 2 aromatic heterocycles. The Labute approximate surface area is 197 Å². The van der Waals surface area contributed by atoms with Crippen molar-refractivity contribution in [3.8, 4) is 11.5 Å². The lowest BCUT2D eigenvalue weighted by Gasteiger charge is -2.13. The average molecular weight is 460 g/mol. The summed E-state index contributed by atoms with van der Waals surface area (Å²) in [6, 6.07) is 18.7. The summed E-state index contributed by atoms with van der Waals surface area (Å²) < 4.78 is 12.0. The predicted molar refractivity (Wildman–Crippen MR) is 130 cm³/mol. The third-order valence-electron chi connectivity index (χ3n) is 5.15. The minimum absolute atomic E-state index is 0.279. The maximum atomic E-state index is 12.9. The van der Waals surface area contributed by atoms with Gasteiger partial charge in [-0.2, -0.15) is 0 Å². The molecule has 0 radical (unpaired) electrons. The molecule has 0 bridgehead atoms. The molecule has 1 amide bonds. The molecule has 4 rings (SSSR count). The van der Waals surface area contributed by atoms with E-state index in [0.717, 1.165) is 23.2 Å². The molecule has 2 heterocycles. The van der Waals surface area contributed by atoms with E-state index in [9.17, 15) is 4.79 Å². The van der Waals surface area contributed by atoms with E-state index in [1.54, 1.807) is 41.8 Å². The summed E-state index contributed by atoms with van der Waals surface area (Å²) in [5, 5.41) is 2.81. The lowest BCUT2D eigenvalue weighted by molar-refractivity contribution is 0.102. The number of aromatic nitrogens is 2. The fourth-order valence-electron chi connectivity index (χ4n) is 3.26. The molecule has 0 saturated heterocycles. The van der Waals surface area contributed by atoms with Gasteiger partial charge in [-0.15, -0.1) is 11.3 Å². The quantitative estimate of drug-likeness (QED) is 0.352. The molecule has 0 aliphatic heterocycles. The number of thiazole rings is 1. The number of aryl methyl sites for hydroxylation is 2. The van der Waals surface area contributed by atoms with Gasteiger partial charge in [-0.25, -0.2) is 9.97 Å². The van der Waals surface area contributed by atoms with Crippen LogP contribution in [0.5, 0.6) is 11.5 Å². The Morgan fingerprint density at radius 2 is 1.76 bits per heavy atom. The van der Waals surface area contributed by atoms with Crippen molar-refractivity contribution in [3.05, 3.63) is 99.6 Å². The molecule has 0 aliphatic rings. The van der Waals surface area contributed by atoms with Gasteiger partial charge in [0.1, 0.15) is 23.9 Å². The van der Waals surface area contributed by atoms with E-state index in [1.807, 2.05) is 55.8 Å². The lowest BCUT2D eigenvalue weighted by Crippen LogP contribution is -2.13. The van der Waals surface area contributed by atoms with E-state index in [4.69, 9.17) is 9.47 Å². The van der Waals surface area contributed by atoms with Gasteiger partial charge in [0.2, 0.25) is 0 Å². The van der Waals surface area contributed by atoms with Crippen LogP contribution >= 0.6 is 11.3 Å². The number of anilines is 1. The number of amides is 1. The molecular formula is C26H25N3O3S. The van der Waals surface area contributed by atoms with Crippen LogP contribution in [0.15, 0.2) is 72.4 Å². The first kappa shape index (κ1) is 22.5. The predicted octanol–water partition coefficient (Wildman–Crippen LogP) is 5.61. The molecule has 4 aromatic rings. The fraction of sp³-hybridized carbons (Fsp3) is 0.192. The molecule has 168 valence electrons. The Morgan fingerprint density at radius 3 is 2.48 bits per heavy atom. The minimum Gasteiger partial charge on any atom is -0.493 e. The zero-order valence-electron chi connectivity index (χ0n) is 18.6. The van der Waals surface area contributed by atoms with E-state index in [1.165, 1.54) is 4.88 Å². The normalized spacial score (nSPS) is 10.6. The minimum atomic E-state index is -0.279. The first-order valence-electron chi connectivity index (χ1n) is 10.6. The maximum Gasteiger partial charge on any atom is 0.257 e. The molecule has 0 unspecified atom stereocenters. The van der Waals surface area contributed by atoms with E-state index < -0.39 is 0 Å². The third-order valence-corrected chi connectivity index (χ3v) is 6.14. The Bertz CT molecular complexity index is 1220. The number of nitrogens with zero attached hydrogens (tertiary/aromatic N) is 2. The number of pyridine rings is 1. The molecule has 0 saturated carbocycles. The fourth-order valence-corrected chi connectivity index (χ4v) is 4.02. The topological polar surface area (TPSA) is 73.3 Å². The van der Waals surface area contributed by atoms with Crippen LogP contribution in [0.25, 0.3) is 0 Å². The molecule has 1 N–H and O–H groups in total. The first-order valence-corrected chi connectivity index (χ1v) is 11.5. The Morgan fingerprint density at radius 1 is 0.970 bits per heavy atom. The number of nitrogens with one attached hydrogen (secondary N) is 1. The van der Waals surface area contributed by atoms with Gasteiger partial charge in [-0.05, 0) is 49.2 Å². The number of ether oxygens (including phenoxy) is 2. The number of benzene rings is 2. The molecule has 0 fully saturated rings. The van der Waals surface area contributed by atoms with Crippen molar-refractivity contribution in [2.24, 2.45) is 0 Å². The lowest BCUT2D eigenvalue weighted by atomic mass is 10.1. The van der Waals surface area contributed by atoms with Gasteiger partial charge in [0.05, 0.1) is 17.8 Å². The average Bonchev–Trinajstić information content (AvgIpc) is 3.23. The Hall–Kier alpha value is -3.71. The second-order valence-corrected chi connectivity index (χ2v) is 8.48. The molecule has 7 heteroatoms. The number of hydrogen-bond acceptors (Lipinski definition) is 6. The van der Waals surface area contributed by atoms with Crippen molar-refractivity contribution in [2.45, 2.75) is 26.9 Å². The summed E-state index contributed by atoms with van der Waals surface area (Å²) in [4.78, 5) is 22.5. The van der Waals surface area contributed by atoms with Crippen LogP contribution < -0.4 is 14.8 Å². The highest BCUT2D eigenvalue weighted by molar-refractivity contribution is 7.09.